The first-order valence-electron chi connectivity index (χ1n) is 16.9. The van der Waals surface area contributed by atoms with Gasteiger partial charge in [-0.2, -0.15) is 0 Å². The van der Waals surface area contributed by atoms with Crippen molar-refractivity contribution in [1.29, 1.82) is 0 Å². The predicted octanol–water partition coefficient (Wildman–Crippen LogP) is 8.07. The Labute approximate surface area is 307 Å². The summed E-state index contributed by atoms with van der Waals surface area (Å²) in [5.41, 5.74) is 3.19. The summed E-state index contributed by atoms with van der Waals surface area (Å²) < 4.78 is 34.6. The maximum atomic E-state index is 14.7. The van der Waals surface area contributed by atoms with Gasteiger partial charge in [0, 0.05) is 66.2 Å². The number of aromatic nitrogens is 1. The van der Waals surface area contributed by atoms with Crippen LogP contribution in [0.2, 0.25) is 5.02 Å². The Morgan fingerprint density at radius 2 is 1.69 bits per heavy atom. The van der Waals surface area contributed by atoms with Gasteiger partial charge in [-0.1, -0.05) is 17.7 Å². The molecule has 5 heterocycles. The number of nitrogens with one attached hydrogen (secondary N) is 2. The summed E-state index contributed by atoms with van der Waals surface area (Å²) in [5.74, 6) is -1.70. The number of hydrogen-bond donors (Lipinski definition) is 2. The van der Waals surface area contributed by atoms with Crippen LogP contribution in [0.5, 0.6) is 0 Å². The van der Waals surface area contributed by atoms with E-state index >= 15 is 0 Å². The topological polar surface area (TPSA) is 104 Å². The summed E-state index contributed by atoms with van der Waals surface area (Å²) >= 11 is 7.29. The molecular weight excluding hydrogens is 708 g/mol. The summed E-state index contributed by atoms with van der Waals surface area (Å²) in [5, 5.41) is 5.57. The zero-order valence-electron chi connectivity index (χ0n) is 27.8. The normalized spacial score (nSPS) is 16.0. The molecule has 3 aliphatic heterocycles. The summed E-state index contributed by atoms with van der Waals surface area (Å²) in [6.45, 7) is 3.41. The Kier molecular flexibility index (Phi) is 8.98. The van der Waals surface area contributed by atoms with Gasteiger partial charge in [0.05, 0.1) is 26.8 Å². The van der Waals surface area contributed by atoms with E-state index in [4.69, 9.17) is 16.3 Å². The lowest BCUT2D eigenvalue weighted by Crippen LogP contribution is -2.59. The molecule has 0 atom stereocenters. The molecule has 2 fully saturated rings. The highest BCUT2D eigenvalue weighted by atomic mass is 35.5. The number of fused-ring (bicyclic) bond motifs is 3. The summed E-state index contributed by atoms with van der Waals surface area (Å²) in [4.78, 5) is 49.8. The Morgan fingerprint density at radius 1 is 0.904 bits per heavy atom. The summed E-state index contributed by atoms with van der Waals surface area (Å²) in [6.07, 6.45) is 4.08. The van der Waals surface area contributed by atoms with Crippen LogP contribution in [0.1, 0.15) is 48.8 Å². The Balaban J connectivity index is 0.984. The maximum absolute atomic E-state index is 14.7. The van der Waals surface area contributed by atoms with Gasteiger partial charge in [0.15, 0.2) is 0 Å². The molecule has 5 aromatic rings. The van der Waals surface area contributed by atoms with Crippen molar-refractivity contribution in [2.45, 2.75) is 19.3 Å². The molecule has 13 heteroatoms. The first-order valence-corrected chi connectivity index (χ1v) is 18.1. The molecule has 2 saturated heterocycles. The molecule has 52 heavy (non-hydrogen) atoms. The standard InChI is InChI=1S/C39H32ClF2N5O4S/c40-29-4-1-5-30(42)33(29)45-37(49)32-19-24-12-16-47(31-20-25(41)8-11-27(31)34(24)52-32)38(50)23-6-9-26(10-7-23)44-36(48)28-3-2-15-43-35(28)46-21-39(22-46)13-17-51-18-14-39/h1-11,15,19-20H,12-14,16-18,21-22H2,(H,44,48)(H,45,49). The lowest BCUT2D eigenvalue weighted by molar-refractivity contribution is -0.000510. The second-order valence-corrected chi connectivity index (χ2v) is 14.7. The Hall–Kier alpha value is -5.17. The molecule has 1 spiro atoms. The van der Waals surface area contributed by atoms with E-state index in [0.717, 1.165) is 44.7 Å². The van der Waals surface area contributed by atoms with E-state index in [9.17, 15) is 23.2 Å². The Bertz CT molecular complexity index is 2190. The quantitative estimate of drug-likeness (QED) is 0.183. The third-order valence-electron chi connectivity index (χ3n) is 9.91. The van der Waals surface area contributed by atoms with E-state index in [1.54, 1.807) is 54.7 Å². The number of carbonyl (C=O) groups is 3. The largest absolute Gasteiger partial charge is 0.381 e. The average Bonchev–Trinajstić information content (AvgIpc) is 3.51. The van der Waals surface area contributed by atoms with Crippen molar-refractivity contribution in [2.75, 3.05) is 53.3 Å². The second-order valence-electron chi connectivity index (χ2n) is 13.3. The van der Waals surface area contributed by atoms with Gasteiger partial charge in [-0.3, -0.25) is 14.4 Å². The maximum Gasteiger partial charge on any atom is 0.265 e. The number of pyridine rings is 1. The number of carbonyl (C=O) groups excluding carboxylic acids is 3. The molecule has 0 unspecified atom stereocenters. The zero-order valence-corrected chi connectivity index (χ0v) is 29.3. The van der Waals surface area contributed by atoms with Crippen LogP contribution in [0, 0.1) is 17.0 Å². The smallest absolute Gasteiger partial charge is 0.265 e. The van der Waals surface area contributed by atoms with Gasteiger partial charge >= 0.3 is 0 Å². The van der Waals surface area contributed by atoms with E-state index in [0.29, 0.717) is 50.1 Å². The molecule has 9 nitrogen and oxygen atoms in total. The van der Waals surface area contributed by atoms with Crippen molar-refractivity contribution in [3.05, 3.63) is 123 Å². The third-order valence-corrected chi connectivity index (χ3v) is 11.4. The van der Waals surface area contributed by atoms with Crippen molar-refractivity contribution in [1.82, 2.24) is 4.98 Å². The lowest BCUT2D eigenvalue weighted by atomic mass is 9.73. The average molecular weight is 740 g/mol. The zero-order chi connectivity index (χ0) is 36.0. The van der Waals surface area contributed by atoms with Crippen molar-refractivity contribution < 1.29 is 27.9 Å². The van der Waals surface area contributed by atoms with Gasteiger partial charge < -0.3 is 25.2 Å². The van der Waals surface area contributed by atoms with Gasteiger partial charge in [-0.05, 0) is 97.6 Å². The van der Waals surface area contributed by atoms with Crippen molar-refractivity contribution in [3.63, 3.8) is 0 Å². The predicted molar refractivity (Wildman–Crippen MR) is 198 cm³/mol. The van der Waals surface area contributed by atoms with Crippen LogP contribution < -0.4 is 20.4 Å². The number of benzene rings is 3. The number of halogens is 3. The van der Waals surface area contributed by atoms with Crippen LogP contribution in [0.4, 0.5) is 31.7 Å². The first kappa shape index (κ1) is 33.9. The number of rotatable bonds is 6. The highest BCUT2D eigenvalue weighted by Crippen LogP contribution is 2.44. The number of para-hydroxylation sites is 1. The van der Waals surface area contributed by atoms with Crippen LogP contribution in [0.3, 0.4) is 0 Å². The first-order chi connectivity index (χ1) is 25.2. The number of hydrogen-bond acceptors (Lipinski definition) is 7. The van der Waals surface area contributed by atoms with Crippen molar-refractivity contribution in [2.24, 2.45) is 5.41 Å². The molecule has 0 saturated carbocycles. The number of anilines is 4. The van der Waals surface area contributed by atoms with Crippen LogP contribution in [0.15, 0.2) is 85.1 Å². The molecule has 0 aliphatic carbocycles. The fraction of sp³-hybridized carbons (Fsp3) is 0.231. The molecular formula is C39H32ClF2N5O4S. The van der Waals surface area contributed by atoms with E-state index < -0.39 is 17.5 Å². The van der Waals surface area contributed by atoms with E-state index in [1.807, 2.05) is 0 Å². The lowest BCUT2D eigenvalue weighted by Gasteiger charge is -2.53. The SMILES string of the molecule is O=C(Nc1c(F)cccc1Cl)c1cc2c(s1)-c1ccc(F)cc1N(C(=O)c1ccc(NC(=O)c3cccnc3N3CC4(CCOCC4)C3)cc1)CC2. The number of ether oxygens (including phenoxy) is 1. The fourth-order valence-corrected chi connectivity index (χ4v) is 8.49. The number of amides is 3. The number of nitrogens with zero attached hydrogens (tertiary/aromatic N) is 3. The minimum Gasteiger partial charge on any atom is -0.381 e. The summed E-state index contributed by atoms with van der Waals surface area (Å²) in [6, 6.07) is 20.1. The third kappa shape index (κ3) is 6.42. The molecule has 0 radical (unpaired) electrons. The number of thiophene rings is 1. The fourth-order valence-electron chi connectivity index (χ4n) is 7.14. The minimum absolute atomic E-state index is 0.0744. The van der Waals surface area contributed by atoms with Gasteiger partial charge in [0.1, 0.15) is 17.5 Å². The molecule has 3 amide bonds. The van der Waals surface area contributed by atoms with Gasteiger partial charge in [-0.25, -0.2) is 13.8 Å². The van der Waals surface area contributed by atoms with Gasteiger partial charge in [-0.15, -0.1) is 11.3 Å². The van der Waals surface area contributed by atoms with Crippen molar-refractivity contribution in [3.8, 4) is 10.4 Å². The van der Waals surface area contributed by atoms with Crippen LogP contribution in [-0.4, -0.2) is 55.6 Å². The molecule has 3 aliphatic rings. The molecule has 3 aromatic carbocycles. The van der Waals surface area contributed by atoms with E-state index in [-0.39, 0.29) is 34.5 Å². The molecule has 2 aromatic heterocycles. The molecule has 0 bridgehead atoms. The monoisotopic (exact) mass is 739 g/mol. The van der Waals surface area contributed by atoms with Crippen LogP contribution in [-0.2, 0) is 11.2 Å². The summed E-state index contributed by atoms with van der Waals surface area (Å²) in [7, 11) is 0. The highest BCUT2D eigenvalue weighted by molar-refractivity contribution is 7.17. The van der Waals surface area contributed by atoms with Crippen LogP contribution in [0.25, 0.3) is 10.4 Å². The van der Waals surface area contributed by atoms with Crippen LogP contribution >= 0.6 is 22.9 Å². The van der Waals surface area contributed by atoms with Gasteiger partial charge in [0.2, 0.25) is 0 Å². The Morgan fingerprint density at radius 3 is 2.46 bits per heavy atom. The molecule has 2 N–H and O–H groups in total. The second kappa shape index (κ2) is 13.8. The minimum atomic E-state index is -0.655. The van der Waals surface area contributed by atoms with Crippen molar-refractivity contribution >= 4 is 63.5 Å². The highest BCUT2D eigenvalue weighted by Gasteiger charge is 2.45. The molecule has 8 rings (SSSR count). The van der Waals surface area contributed by atoms with E-state index in [1.165, 1.54) is 46.6 Å². The van der Waals surface area contributed by atoms with E-state index in [2.05, 4.69) is 20.5 Å². The molecule has 264 valence electrons. The van der Waals surface area contributed by atoms with Gasteiger partial charge in [0.25, 0.3) is 17.7 Å².